The first-order valence-corrected chi connectivity index (χ1v) is 9.96. The van der Waals surface area contributed by atoms with Gasteiger partial charge < -0.3 is 18.9 Å². The van der Waals surface area contributed by atoms with Crippen LogP contribution >= 0.6 is 0 Å². The third kappa shape index (κ3) is 3.22. The molecular formula is C23H24N4O3. The first-order valence-electron chi connectivity index (χ1n) is 9.96. The van der Waals surface area contributed by atoms with Crippen LogP contribution in [0.3, 0.4) is 0 Å². The van der Waals surface area contributed by atoms with Gasteiger partial charge in [-0.2, -0.15) is 0 Å². The summed E-state index contributed by atoms with van der Waals surface area (Å²) in [6.45, 7) is 5.71. The minimum absolute atomic E-state index is 0. The summed E-state index contributed by atoms with van der Waals surface area (Å²) < 4.78 is 13.4. The summed E-state index contributed by atoms with van der Waals surface area (Å²) in [7, 11) is 0. The predicted octanol–water partition coefficient (Wildman–Crippen LogP) is 4.81. The molecule has 3 aromatic heterocycles. The van der Waals surface area contributed by atoms with Gasteiger partial charge in [-0.25, -0.2) is 9.97 Å². The number of hydrogen-bond acceptors (Lipinski definition) is 5. The van der Waals surface area contributed by atoms with Crippen LogP contribution in [-0.2, 0) is 6.42 Å². The maximum absolute atomic E-state index is 13.0. The van der Waals surface area contributed by atoms with E-state index in [0.717, 1.165) is 35.5 Å². The fraction of sp³-hybridized carbons (Fsp3) is 0.261. The van der Waals surface area contributed by atoms with E-state index in [4.69, 9.17) is 9.15 Å². The SMILES string of the molecule is Cc1cc(C)n2ccc(C(=O)Nc3ccc4c(c3)C(Oc3cnc(C)o3)CC4)c2n1.[HH]. The molecule has 4 aromatic rings. The molecule has 1 aliphatic rings. The first kappa shape index (κ1) is 18.4. The van der Waals surface area contributed by atoms with Crippen molar-refractivity contribution in [1.82, 2.24) is 14.4 Å². The van der Waals surface area contributed by atoms with Gasteiger partial charge in [0.2, 0.25) is 0 Å². The van der Waals surface area contributed by atoms with Gasteiger partial charge in [0, 0.05) is 31.6 Å². The number of carbonyl (C=O) groups excluding carboxylic acids is 1. The summed E-state index contributed by atoms with van der Waals surface area (Å²) in [5.74, 6) is 0.802. The van der Waals surface area contributed by atoms with Crippen LogP contribution in [0.2, 0.25) is 0 Å². The van der Waals surface area contributed by atoms with E-state index in [-0.39, 0.29) is 13.4 Å². The van der Waals surface area contributed by atoms with E-state index in [1.165, 1.54) is 5.56 Å². The average Bonchev–Trinajstić information content (AvgIpc) is 3.41. The normalized spacial score (nSPS) is 15.4. The number of anilines is 1. The second-order valence-corrected chi connectivity index (χ2v) is 7.67. The summed E-state index contributed by atoms with van der Waals surface area (Å²) in [4.78, 5) is 21.6. The average molecular weight is 404 g/mol. The molecule has 7 nitrogen and oxygen atoms in total. The Hall–Kier alpha value is -3.61. The second kappa shape index (κ2) is 7.02. The number of nitrogens with zero attached hydrogens (tertiary/aromatic N) is 3. The van der Waals surface area contributed by atoms with Crippen molar-refractivity contribution < 1.29 is 15.4 Å². The summed E-state index contributed by atoms with van der Waals surface area (Å²) in [6.07, 6.45) is 5.13. The zero-order valence-electron chi connectivity index (χ0n) is 17.1. The zero-order chi connectivity index (χ0) is 20.8. The van der Waals surface area contributed by atoms with Crippen molar-refractivity contribution in [1.29, 1.82) is 0 Å². The van der Waals surface area contributed by atoms with Crippen LogP contribution < -0.4 is 10.1 Å². The summed E-state index contributed by atoms with van der Waals surface area (Å²) in [6, 6.07) is 9.75. The Labute approximate surface area is 175 Å². The highest BCUT2D eigenvalue weighted by Crippen LogP contribution is 2.36. The highest BCUT2D eigenvalue weighted by atomic mass is 16.6. The maximum Gasteiger partial charge on any atom is 0.305 e. The van der Waals surface area contributed by atoms with Gasteiger partial charge in [0.1, 0.15) is 17.9 Å². The second-order valence-electron chi connectivity index (χ2n) is 7.67. The van der Waals surface area contributed by atoms with Gasteiger partial charge in [-0.05, 0) is 62.1 Å². The van der Waals surface area contributed by atoms with E-state index in [1.54, 1.807) is 19.2 Å². The molecule has 30 heavy (non-hydrogen) atoms. The van der Waals surface area contributed by atoms with Gasteiger partial charge in [0.15, 0.2) is 5.89 Å². The third-order valence-electron chi connectivity index (χ3n) is 5.47. The third-order valence-corrected chi connectivity index (χ3v) is 5.47. The number of aromatic nitrogens is 3. The molecule has 154 valence electrons. The van der Waals surface area contributed by atoms with E-state index < -0.39 is 0 Å². The van der Waals surface area contributed by atoms with Crippen LogP contribution in [0.25, 0.3) is 5.65 Å². The van der Waals surface area contributed by atoms with Crippen LogP contribution in [0, 0.1) is 20.8 Å². The molecular weight excluding hydrogens is 380 g/mol. The molecule has 1 aliphatic carbocycles. The molecule has 3 heterocycles. The number of benzene rings is 1. The van der Waals surface area contributed by atoms with Crippen LogP contribution in [0.15, 0.2) is 47.1 Å². The van der Waals surface area contributed by atoms with Crippen LogP contribution in [0.5, 0.6) is 5.95 Å². The zero-order valence-corrected chi connectivity index (χ0v) is 17.1. The van der Waals surface area contributed by atoms with Gasteiger partial charge in [-0.15, -0.1) is 0 Å². The lowest BCUT2D eigenvalue weighted by atomic mass is 10.1. The van der Waals surface area contributed by atoms with E-state index in [0.29, 0.717) is 23.0 Å². The molecule has 1 amide bonds. The highest BCUT2D eigenvalue weighted by molar-refractivity contribution is 6.08. The fourth-order valence-electron chi connectivity index (χ4n) is 4.07. The van der Waals surface area contributed by atoms with Crippen molar-refractivity contribution in [3.05, 3.63) is 76.7 Å². The van der Waals surface area contributed by atoms with Crippen molar-refractivity contribution in [3.8, 4) is 5.95 Å². The summed E-state index contributed by atoms with van der Waals surface area (Å²) in [5.41, 5.74) is 6.14. The standard InChI is InChI=1S/C23H22N4O3.H2/c1-13-10-14(2)27-9-8-18(22(27)25-13)23(28)26-17-6-4-16-5-7-20(19(16)11-17)30-21-12-24-15(3)29-21;/h4,6,8-12,20H,5,7H2,1-3H3,(H,26,28);1H. The van der Waals surface area contributed by atoms with E-state index in [1.807, 2.05) is 48.7 Å². The lowest BCUT2D eigenvalue weighted by Gasteiger charge is -2.13. The molecule has 0 saturated heterocycles. The lowest BCUT2D eigenvalue weighted by Crippen LogP contribution is -2.13. The maximum atomic E-state index is 13.0. The van der Waals surface area contributed by atoms with Gasteiger partial charge in [0.25, 0.3) is 5.91 Å². The highest BCUT2D eigenvalue weighted by Gasteiger charge is 2.26. The Bertz CT molecular complexity index is 1280. The van der Waals surface area contributed by atoms with Crippen LogP contribution in [-0.4, -0.2) is 20.3 Å². The number of aryl methyl sites for hydroxylation is 4. The topological polar surface area (TPSA) is 81.7 Å². The van der Waals surface area contributed by atoms with Crippen LogP contribution in [0.4, 0.5) is 5.69 Å². The molecule has 5 rings (SSSR count). The molecule has 7 heteroatoms. The number of rotatable bonds is 4. The van der Waals surface area contributed by atoms with Crippen molar-refractivity contribution in [2.75, 3.05) is 5.32 Å². The summed E-state index contributed by atoms with van der Waals surface area (Å²) in [5, 5.41) is 3.01. The van der Waals surface area contributed by atoms with Gasteiger partial charge >= 0.3 is 5.95 Å². The lowest BCUT2D eigenvalue weighted by molar-refractivity contribution is 0.102. The number of ether oxygens (including phenoxy) is 1. The Balaban J connectivity index is 0.00000231. The number of hydrogen-bond donors (Lipinski definition) is 1. The first-order chi connectivity index (χ1) is 14.5. The molecule has 0 bridgehead atoms. The van der Waals surface area contributed by atoms with Crippen molar-refractivity contribution >= 4 is 17.2 Å². The number of amides is 1. The fourth-order valence-corrected chi connectivity index (χ4v) is 4.07. The predicted molar refractivity (Wildman–Crippen MR) is 114 cm³/mol. The van der Waals surface area contributed by atoms with Crippen molar-refractivity contribution in [2.24, 2.45) is 0 Å². The number of carbonyl (C=O) groups is 1. The quantitative estimate of drug-likeness (QED) is 0.528. The molecule has 0 aliphatic heterocycles. The van der Waals surface area contributed by atoms with Crippen molar-refractivity contribution in [2.45, 2.75) is 39.7 Å². The molecule has 1 N–H and O–H groups in total. The molecule has 0 spiro atoms. The Morgan fingerprint density at radius 3 is 2.93 bits per heavy atom. The molecule has 0 fully saturated rings. The largest absolute Gasteiger partial charge is 0.456 e. The van der Waals surface area contributed by atoms with Gasteiger partial charge in [-0.1, -0.05) is 6.07 Å². The Kier molecular flexibility index (Phi) is 4.31. The number of fused-ring (bicyclic) bond motifs is 2. The Morgan fingerprint density at radius 2 is 2.13 bits per heavy atom. The molecule has 1 atom stereocenters. The number of oxazole rings is 1. The molecule has 1 unspecified atom stereocenters. The number of nitrogens with one attached hydrogen (secondary N) is 1. The van der Waals surface area contributed by atoms with Gasteiger partial charge in [-0.3, -0.25) is 4.79 Å². The molecule has 1 aromatic carbocycles. The summed E-state index contributed by atoms with van der Waals surface area (Å²) >= 11 is 0. The van der Waals surface area contributed by atoms with E-state index in [2.05, 4.69) is 15.3 Å². The molecule has 0 radical (unpaired) electrons. The minimum Gasteiger partial charge on any atom is -0.456 e. The van der Waals surface area contributed by atoms with Gasteiger partial charge in [0.05, 0.1) is 5.56 Å². The minimum atomic E-state index is -0.184. The molecule has 0 saturated carbocycles. The van der Waals surface area contributed by atoms with E-state index >= 15 is 0 Å². The Morgan fingerprint density at radius 1 is 1.27 bits per heavy atom. The monoisotopic (exact) mass is 404 g/mol. The van der Waals surface area contributed by atoms with E-state index in [9.17, 15) is 4.79 Å². The van der Waals surface area contributed by atoms with Crippen LogP contribution in [0.1, 0.15) is 52.7 Å². The van der Waals surface area contributed by atoms with Crippen molar-refractivity contribution in [3.63, 3.8) is 0 Å². The smallest absolute Gasteiger partial charge is 0.305 e.